The Balaban J connectivity index is 1.73. The van der Waals surface area contributed by atoms with Gasteiger partial charge >= 0.3 is 6.03 Å². The maximum absolute atomic E-state index is 13.3. The smallest absolute Gasteiger partial charge is 0.318 e. The van der Waals surface area contributed by atoms with Gasteiger partial charge in [-0.05, 0) is 48.2 Å². The van der Waals surface area contributed by atoms with Crippen LogP contribution in [0.4, 0.5) is 10.5 Å². The number of nitrogens with one attached hydrogen (secondary N) is 1. The highest BCUT2D eigenvalue weighted by molar-refractivity contribution is 5.90. The van der Waals surface area contributed by atoms with Gasteiger partial charge in [-0.25, -0.2) is 4.79 Å². The fraction of sp³-hybridized carbons (Fsp3) is 0.261. The van der Waals surface area contributed by atoms with Crippen molar-refractivity contribution in [2.45, 2.75) is 39.3 Å². The average molecular weight is 359 g/mol. The van der Waals surface area contributed by atoms with Crippen LogP contribution in [-0.2, 0) is 13.0 Å². The van der Waals surface area contributed by atoms with Gasteiger partial charge in [0.1, 0.15) is 0 Å². The molecule has 0 bridgehead atoms. The topological polar surface area (TPSA) is 37.3 Å². The molecule has 0 saturated carbocycles. The highest BCUT2D eigenvalue weighted by atomic mass is 16.2. The van der Waals surface area contributed by atoms with Crippen molar-refractivity contribution in [2.24, 2.45) is 0 Å². The first-order valence-corrected chi connectivity index (χ1v) is 9.64. The molecule has 3 aromatic rings. The summed E-state index contributed by atoms with van der Waals surface area (Å²) in [5.74, 6) is 0. The zero-order valence-corrected chi connectivity index (χ0v) is 15.9. The molecule has 0 spiro atoms. The van der Waals surface area contributed by atoms with E-state index in [1.165, 1.54) is 0 Å². The second kappa shape index (κ2) is 7.31. The van der Waals surface area contributed by atoms with Crippen molar-refractivity contribution in [2.75, 3.05) is 5.32 Å². The Kier molecular flexibility index (Phi) is 4.71. The van der Waals surface area contributed by atoms with E-state index < -0.39 is 0 Å². The molecule has 1 aromatic heterocycles. The normalized spacial score (nSPS) is 15.6. The number of carbonyl (C=O) groups excluding carboxylic acids is 1. The highest BCUT2D eigenvalue weighted by Gasteiger charge is 2.30. The van der Waals surface area contributed by atoms with Gasteiger partial charge in [0.05, 0.1) is 18.3 Å². The van der Waals surface area contributed by atoms with Crippen molar-refractivity contribution in [3.8, 4) is 5.69 Å². The van der Waals surface area contributed by atoms with Crippen LogP contribution in [0.1, 0.15) is 43.1 Å². The molecule has 0 fully saturated rings. The number of amides is 2. The number of hydrogen-bond acceptors (Lipinski definition) is 1. The number of nitrogens with zero attached hydrogens (tertiary/aromatic N) is 2. The summed E-state index contributed by atoms with van der Waals surface area (Å²) in [7, 11) is 0. The molecule has 138 valence electrons. The molecule has 1 unspecified atom stereocenters. The summed E-state index contributed by atoms with van der Waals surface area (Å²) in [6, 6.07) is 20.5. The van der Waals surface area contributed by atoms with E-state index in [9.17, 15) is 4.79 Å². The number of para-hydroxylation sites is 2. The Morgan fingerprint density at radius 3 is 2.63 bits per heavy atom. The lowest BCUT2D eigenvalue weighted by atomic mass is 10.1. The van der Waals surface area contributed by atoms with Crippen LogP contribution in [0.25, 0.3) is 5.69 Å². The van der Waals surface area contributed by atoms with Crippen LogP contribution >= 0.6 is 0 Å². The van der Waals surface area contributed by atoms with Crippen LogP contribution in [0, 0.1) is 0 Å². The van der Waals surface area contributed by atoms with Gasteiger partial charge in [0.25, 0.3) is 0 Å². The number of aromatic nitrogens is 1. The molecule has 2 amide bonds. The number of rotatable bonds is 3. The first kappa shape index (κ1) is 17.4. The lowest BCUT2D eigenvalue weighted by Crippen LogP contribution is -2.37. The number of carbonyl (C=O) groups is 1. The third-order valence-corrected chi connectivity index (χ3v) is 5.38. The Bertz CT molecular complexity index is 960. The van der Waals surface area contributed by atoms with Crippen molar-refractivity contribution in [3.63, 3.8) is 0 Å². The molecule has 0 aliphatic carbocycles. The van der Waals surface area contributed by atoms with Gasteiger partial charge in [-0.2, -0.15) is 0 Å². The minimum Gasteiger partial charge on any atom is -0.318 e. The minimum absolute atomic E-state index is 0.0289. The summed E-state index contributed by atoms with van der Waals surface area (Å²) in [6.45, 7) is 4.84. The van der Waals surface area contributed by atoms with Crippen molar-refractivity contribution in [1.82, 2.24) is 9.47 Å². The average Bonchev–Trinajstić information content (AvgIpc) is 3.13. The highest BCUT2D eigenvalue weighted by Crippen LogP contribution is 2.34. The van der Waals surface area contributed by atoms with E-state index in [0.29, 0.717) is 6.54 Å². The summed E-state index contributed by atoms with van der Waals surface area (Å²) < 4.78 is 2.22. The second-order valence-electron chi connectivity index (χ2n) is 6.92. The van der Waals surface area contributed by atoms with Crippen molar-refractivity contribution in [3.05, 3.63) is 83.7 Å². The van der Waals surface area contributed by atoms with Gasteiger partial charge in [0.15, 0.2) is 0 Å². The summed E-state index contributed by atoms with van der Waals surface area (Å²) in [5, 5.41) is 3.15. The molecule has 1 N–H and O–H groups in total. The van der Waals surface area contributed by atoms with Gasteiger partial charge in [-0.3, -0.25) is 0 Å². The number of hydrogen-bond donors (Lipinski definition) is 1. The molecule has 4 rings (SSSR count). The van der Waals surface area contributed by atoms with E-state index in [4.69, 9.17) is 0 Å². The fourth-order valence-corrected chi connectivity index (χ4v) is 4.00. The fourth-order valence-electron chi connectivity index (χ4n) is 4.00. The molecular formula is C23H25N3O. The summed E-state index contributed by atoms with van der Waals surface area (Å²) in [4.78, 5) is 15.3. The van der Waals surface area contributed by atoms with Crippen LogP contribution < -0.4 is 5.32 Å². The number of urea groups is 1. The molecule has 0 radical (unpaired) electrons. The van der Waals surface area contributed by atoms with Crippen molar-refractivity contribution >= 4 is 11.7 Å². The van der Waals surface area contributed by atoms with E-state index >= 15 is 0 Å². The second-order valence-corrected chi connectivity index (χ2v) is 6.92. The van der Waals surface area contributed by atoms with Gasteiger partial charge < -0.3 is 14.8 Å². The summed E-state index contributed by atoms with van der Waals surface area (Å²) >= 11 is 0. The molecule has 1 aliphatic heterocycles. The predicted octanol–water partition coefficient (Wildman–Crippen LogP) is 5.54. The summed E-state index contributed by atoms with van der Waals surface area (Å²) in [6.07, 6.45) is 3.84. The third-order valence-electron chi connectivity index (χ3n) is 5.38. The largest absolute Gasteiger partial charge is 0.322 e. The SMILES string of the molecule is CCc1ccccc1NC(=O)N1Cc2ccccc2-n2cccc2C1CC. The first-order chi connectivity index (χ1) is 13.2. The molecule has 2 heterocycles. The van der Waals surface area contributed by atoms with E-state index in [2.05, 4.69) is 66.3 Å². The third kappa shape index (κ3) is 3.12. The van der Waals surface area contributed by atoms with Crippen LogP contribution in [0.3, 0.4) is 0 Å². The van der Waals surface area contributed by atoms with Crippen LogP contribution in [0.15, 0.2) is 66.9 Å². The number of benzene rings is 2. The van der Waals surface area contributed by atoms with Gasteiger partial charge in [-0.1, -0.05) is 50.2 Å². The Hall–Kier alpha value is -3.01. The standard InChI is InChI=1S/C23H25N3O/c1-3-17-10-5-7-12-19(17)24-23(27)26-16-18-11-6-8-13-21(18)25-15-9-14-22(25)20(26)4-2/h5-15,20H,3-4,16H2,1-2H3,(H,24,27). The predicted molar refractivity (Wildman–Crippen MR) is 109 cm³/mol. The molecule has 1 aliphatic rings. The van der Waals surface area contributed by atoms with E-state index in [1.807, 2.05) is 29.2 Å². The quantitative estimate of drug-likeness (QED) is 0.655. The van der Waals surface area contributed by atoms with Crippen LogP contribution in [0.5, 0.6) is 0 Å². The van der Waals surface area contributed by atoms with Gasteiger partial charge in [0.2, 0.25) is 0 Å². The van der Waals surface area contributed by atoms with Crippen LogP contribution in [0.2, 0.25) is 0 Å². The molecule has 2 aromatic carbocycles. The lowest BCUT2D eigenvalue weighted by Gasteiger charge is -2.30. The van der Waals surface area contributed by atoms with Gasteiger partial charge in [-0.15, -0.1) is 0 Å². The Morgan fingerprint density at radius 2 is 1.81 bits per heavy atom. The molecule has 0 saturated heterocycles. The van der Waals surface area contributed by atoms with Crippen molar-refractivity contribution < 1.29 is 4.79 Å². The molecule has 4 heteroatoms. The van der Waals surface area contributed by atoms with Crippen molar-refractivity contribution in [1.29, 1.82) is 0 Å². The van der Waals surface area contributed by atoms with E-state index in [-0.39, 0.29) is 12.1 Å². The zero-order valence-electron chi connectivity index (χ0n) is 15.9. The summed E-state index contributed by atoms with van der Waals surface area (Å²) in [5.41, 5.74) is 5.51. The number of aryl methyl sites for hydroxylation is 1. The molecule has 27 heavy (non-hydrogen) atoms. The molecule has 4 nitrogen and oxygen atoms in total. The van der Waals surface area contributed by atoms with E-state index in [0.717, 1.165) is 41.0 Å². The van der Waals surface area contributed by atoms with E-state index in [1.54, 1.807) is 0 Å². The maximum atomic E-state index is 13.3. The van der Waals surface area contributed by atoms with Gasteiger partial charge in [0, 0.05) is 17.6 Å². The van der Waals surface area contributed by atoms with Crippen LogP contribution in [-0.4, -0.2) is 15.5 Å². The molecular weight excluding hydrogens is 334 g/mol. The first-order valence-electron chi connectivity index (χ1n) is 9.64. The maximum Gasteiger partial charge on any atom is 0.322 e. The minimum atomic E-state index is -0.0489. The monoisotopic (exact) mass is 359 g/mol. The number of fused-ring (bicyclic) bond motifs is 3. The Labute approximate surface area is 160 Å². The number of anilines is 1. The zero-order chi connectivity index (χ0) is 18.8. The lowest BCUT2D eigenvalue weighted by molar-refractivity contribution is 0.181. The molecule has 1 atom stereocenters. The Morgan fingerprint density at radius 1 is 1.04 bits per heavy atom.